The van der Waals surface area contributed by atoms with Crippen LogP contribution in [0.2, 0.25) is 0 Å². The fourth-order valence-electron chi connectivity index (χ4n) is 1.80. The fourth-order valence-corrected chi connectivity index (χ4v) is 1.80. The van der Waals surface area contributed by atoms with Gasteiger partial charge in [-0.15, -0.1) is 0 Å². The predicted molar refractivity (Wildman–Crippen MR) is 67.7 cm³/mol. The van der Waals surface area contributed by atoms with E-state index in [9.17, 15) is 14.0 Å². The molecule has 6 heteroatoms. The molecule has 0 unspecified atom stereocenters. The summed E-state index contributed by atoms with van der Waals surface area (Å²) in [6.45, 7) is 0.165. The lowest BCUT2D eigenvalue weighted by molar-refractivity contribution is -0.124. The van der Waals surface area contributed by atoms with Crippen molar-refractivity contribution in [1.29, 1.82) is 0 Å². The van der Waals surface area contributed by atoms with E-state index in [1.807, 2.05) is 0 Å². The van der Waals surface area contributed by atoms with E-state index < -0.39 is 0 Å². The van der Waals surface area contributed by atoms with Crippen LogP contribution >= 0.6 is 0 Å². The Labute approximate surface area is 110 Å². The number of hydrogen-bond donors (Lipinski definition) is 1. The van der Waals surface area contributed by atoms with Gasteiger partial charge in [0.1, 0.15) is 11.5 Å². The molecular weight excluding hydrogens is 249 g/mol. The number of hydrazone groups is 1. The van der Waals surface area contributed by atoms with Crippen molar-refractivity contribution in [3.8, 4) is 0 Å². The van der Waals surface area contributed by atoms with Crippen LogP contribution < -0.4 is 5.43 Å². The lowest BCUT2D eigenvalue weighted by Gasteiger charge is -2.20. The third kappa shape index (κ3) is 3.15. The molecule has 0 aromatic heterocycles. The van der Waals surface area contributed by atoms with E-state index in [1.165, 1.54) is 11.0 Å². The van der Waals surface area contributed by atoms with Crippen LogP contribution in [-0.4, -0.2) is 29.5 Å². The number of halogens is 1. The summed E-state index contributed by atoms with van der Waals surface area (Å²) >= 11 is 0. The van der Waals surface area contributed by atoms with Crippen molar-refractivity contribution in [2.45, 2.75) is 19.4 Å². The molecule has 0 aliphatic carbocycles. The predicted octanol–water partition coefficient (Wildman–Crippen LogP) is 1.05. The number of nitrogens with one attached hydrogen (secondary N) is 1. The summed E-state index contributed by atoms with van der Waals surface area (Å²) in [7, 11) is 1.58. The van der Waals surface area contributed by atoms with Crippen LogP contribution in [0.5, 0.6) is 0 Å². The van der Waals surface area contributed by atoms with Gasteiger partial charge >= 0.3 is 0 Å². The van der Waals surface area contributed by atoms with E-state index >= 15 is 0 Å². The first kappa shape index (κ1) is 13.2. The topological polar surface area (TPSA) is 61.8 Å². The van der Waals surface area contributed by atoms with Crippen LogP contribution in [0.15, 0.2) is 29.4 Å². The Balaban J connectivity index is 2.04. The summed E-state index contributed by atoms with van der Waals surface area (Å²) in [6, 6.07) is 6.30. The summed E-state index contributed by atoms with van der Waals surface area (Å²) in [6.07, 6.45) is 0.560. The minimum Gasteiger partial charge on any atom is -0.336 e. The fraction of sp³-hybridized carbons (Fsp3) is 0.308. The van der Waals surface area contributed by atoms with Crippen LogP contribution in [0.1, 0.15) is 18.4 Å². The Hall–Kier alpha value is -2.24. The van der Waals surface area contributed by atoms with E-state index in [-0.39, 0.29) is 30.6 Å². The van der Waals surface area contributed by atoms with Gasteiger partial charge < -0.3 is 4.90 Å². The summed E-state index contributed by atoms with van der Waals surface area (Å²) in [5.41, 5.74) is 3.00. The Morgan fingerprint density at radius 3 is 2.79 bits per heavy atom. The molecule has 19 heavy (non-hydrogen) atoms. The molecule has 1 aliphatic heterocycles. The van der Waals surface area contributed by atoms with E-state index in [0.717, 1.165) is 0 Å². The maximum atomic E-state index is 13.5. The lowest BCUT2D eigenvalue weighted by atomic mass is 10.1. The van der Waals surface area contributed by atoms with Crippen LogP contribution in [0.3, 0.4) is 0 Å². The summed E-state index contributed by atoms with van der Waals surface area (Å²) in [4.78, 5) is 24.4. The summed E-state index contributed by atoms with van der Waals surface area (Å²) in [5, 5.41) is 3.73. The smallest absolute Gasteiger partial charge is 0.270 e. The standard InChI is InChI=1S/C13H14FN3O2/c1-17(8-9-4-2-3-5-10(9)14)13(19)11-6-7-12(18)16-15-11/h2-5H,6-8H2,1H3,(H,16,18). The molecule has 1 aromatic rings. The van der Waals surface area contributed by atoms with Crippen LogP contribution in [0.25, 0.3) is 0 Å². The molecule has 1 heterocycles. The van der Waals surface area contributed by atoms with Gasteiger partial charge in [0.25, 0.3) is 5.91 Å². The van der Waals surface area contributed by atoms with Crippen molar-refractivity contribution in [3.05, 3.63) is 35.6 Å². The number of carbonyl (C=O) groups is 2. The molecule has 1 aliphatic rings. The molecule has 0 spiro atoms. The van der Waals surface area contributed by atoms with E-state index in [2.05, 4.69) is 10.5 Å². The maximum absolute atomic E-state index is 13.5. The van der Waals surface area contributed by atoms with Crippen molar-refractivity contribution < 1.29 is 14.0 Å². The molecule has 100 valence electrons. The number of hydrogen-bond acceptors (Lipinski definition) is 3. The van der Waals surface area contributed by atoms with Crippen molar-refractivity contribution in [2.75, 3.05) is 7.05 Å². The van der Waals surface area contributed by atoms with Gasteiger partial charge in [0.2, 0.25) is 5.91 Å². The van der Waals surface area contributed by atoms with Gasteiger partial charge in [-0.25, -0.2) is 9.82 Å². The Morgan fingerprint density at radius 2 is 2.16 bits per heavy atom. The van der Waals surface area contributed by atoms with Crippen molar-refractivity contribution in [1.82, 2.24) is 10.3 Å². The molecule has 1 aromatic carbocycles. The minimum atomic E-state index is -0.346. The number of carbonyl (C=O) groups excluding carboxylic acids is 2. The van der Waals surface area contributed by atoms with E-state index in [4.69, 9.17) is 0 Å². The molecule has 2 amide bonds. The van der Waals surface area contributed by atoms with Gasteiger partial charge in [-0.05, 0) is 6.07 Å². The highest BCUT2D eigenvalue weighted by molar-refractivity contribution is 6.39. The molecule has 0 saturated heterocycles. The first-order valence-corrected chi connectivity index (χ1v) is 5.92. The van der Waals surface area contributed by atoms with Gasteiger partial charge in [-0.3, -0.25) is 9.59 Å². The molecule has 0 fully saturated rings. The van der Waals surface area contributed by atoms with Crippen LogP contribution in [0.4, 0.5) is 4.39 Å². The van der Waals surface area contributed by atoms with Crippen LogP contribution in [0, 0.1) is 5.82 Å². The molecule has 0 bridgehead atoms. The second-order valence-electron chi connectivity index (χ2n) is 4.35. The Morgan fingerprint density at radius 1 is 1.42 bits per heavy atom. The van der Waals surface area contributed by atoms with Crippen LogP contribution in [-0.2, 0) is 16.1 Å². The van der Waals surface area contributed by atoms with Gasteiger partial charge in [0.15, 0.2) is 0 Å². The molecule has 0 atom stereocenters. The lowest BCUT2D eigenvalue weighted by Crippen LogP contribution is -2.37. The highest BCUT2D eigenvalue weighted by atomic mass is 19.1. The molecule has 1 N–H and O–H groups in total. The highest BCUT2D eigenvalue weighted by Gasteiger charge is 2.21. The first-order valence-electron chi connectivity index (χ1n) is 5.92. The normalized spacial score (nSPS) is 14.6. The van der Waals surface area contributed by atoms with Crippen molar-refractivity contribution in [3.63, 3.8) is 0 Å². The molecule has 2 rings (SSSR count). The number of nitrogens with zero attached hydrogens (tertiary/aromatic N) is 2. The number of rotatable bonds is 3. The Kier molecular flexibility index (Phi) is 3.89. The van der Waals surface area contributed by atoms with Gasteiger partial charge in [-0.1, -0.05) is 18.2 Å². The highest BCUT2D eigenvalue weighted by Crippen LogP contribution is 2.10. The zero-order valence-corrected chi connectivity index (χ0v) is 10.5. The molecule has 5 nitrogen and oxygen atoms in total. The first-order chi connectivity index (χ1) is 9.08. The SMILES string of the molecule is CN(Cc1ccccc1F)C(=O)C1=NNC(=O)CC1. The van der Waals surface area contributed by atoms with Crippen molar-refractivity contribution in [2.24, 2.45) is 5.10 Å². The van der Waals surface area contributed by atoms with Gasteiger partial charge in [-0.2, -0.15) is 5.10 Å². The minimum absolute atomic E-state index is 0.165. The zero-order valence-electron chi connectivity index (χ0n) is 10.5. The number of amides is 2. The quantitative estimate of drug-likeness (QED) is 0.886. The number of benzene rings is 1. The molecular formula is C13H14FN3O2. The van der Waals surface area contributed by atoms with Crippen molar-refractivity contribution >= 4 is 17.5 Å². The zero-order chi connectivity index (χ0) is 13.8. The summed E-state index contributed by atoms with van der Waals surface area (Å²) < 4.78 is 13.5. The third-order valence-corrected chi connectivity index (χ3v) is 2.86. The average molecular weight is 263 g/mol. The Bertz CT molecular complexity index is 542. The van der Waals surface area contributed by atoms with E-state index in [1.54, 1.807) is 25.2 Å². The average Bonchev–Trinajstić information content (AvgIpc) is 2.41. The van der Waals surface area contributed by atoms with E-state index in [0.29, 0.717) is 17.7 Å². The monoisotopic (exact) mass is 263 g/mol. The maximum Gasteiger partial charge on any atom is 0.270 e. The van der Waals surface area contributed by atoms with Gasteiger partial charge in [0.05, 0.1) is 0 Å². The summed E-state index contributed by atoms with van der Waals surface area (Å²) in [5.74, 6) is -0.849. The molecule has 0 radical (unpaired) electrons. The largest absolute Gasteiger partial charge is 0.336 e. The second-order valence-corrected chi connectivity index (χ2v) is 4.35. The van der Waals surface area contributed by atoms with Gasteiger partial charge in [0, 0.05) is 32.0 Å². The molecule has 0 saturated carbocycles. The third-order valence-electron chi connectivity index (χ3n) is 2.86. The second kappa shape index (κ2) is 5.60.